The monoisotopic (exact) mass is 728 g/mol. The highest BCUT2D eigenvalue weighted by Crippen LogP contribution is 2.53. The van der Waals surface area contributed by atoms with E-state index in [-0.39, 0.29) is 0 Å². The minimum absolute atomic E-state index is 0.416. The van der Waals surface area contributed by atoms with Gasteiger partial charge in [-0.25, -0.2) is 0 Å². The van der Waals surface area contributed by atoms with Crippen LogP contribution in [-0.2, 0) is 0 Å². The fraction of sp³-hybridized carbons (Fsp3) is 0.0196. The van der Waals surface area contributed by atoms with Crippen molar-refractivity contribution < 1.29 is 0 Å². The molecule has 266 valence electrons. The van der Waals surface area contributed by atoms with Crippen molar-refractivity contribution in [3.8, 4) is 45.5 Å². The van der Waals surface area contributed by atoms with Crippen LogP contribution in [-0.4, -0.2) is 22.0 Å². The molecule has 0 fully saturated rings. The third-order valence-electron chi connectivity index (χ3n) is 11.6. The summed E-state index contributed by atoms with van der Waals surface area (Å²) in [6.07, 6.45) is 0. The van der Waals surface area contributed by atoms with E-state index in [1.807, 2.05) is 61.6 Å². The Labute approximate surface area is 327 Å². The summed E-state index contributed by atoms with van der Waals surface area (Å²) < 4.78 is 0. The maximum atomic E-state index is 11.7. The first-order chi connectivity index (χ1) is 28.1. The van der Waals surface area contributed by atoms with E-state index < -0.39 is 0 Å². The number of aromatic amines is 3. The molecule has 8 aromatic carbocycles. The molecule has 0 aliphatic rings. The third-order valence-corrected chi connectivity index (χ3v) is 11.6. The molecule has 0 saturated heterocycles. The van der Waals surface area contributed by atoms with Gasteiger partial charge in [-0.2, -0.15) is 10.5 Å². The van der Waals surface area contributed by atoms with Crippen molar-refractivity contribution in [2.45, 2.75) is 0 Å². The number of anilines is 2. The van der Waals surface area contributed by atoms with Gasteiger partial charge in [0.05, 0.1) is 33.4 Å². The number of hydrogen-bond acceptors (Lipinski definition) is 3. The second-order valence-corrected chi connectivity index (χ2v) is 14.5. The second kappa shape index (κ2) is 12.5. The average molecular weight is 729 g/mol. The van der Waals surface area contributed by atoms with Gasteiger partial charge < -0.3 is 19.9 Å². The Morgan fingerprint density at radius 3 is 1.23 bits per heavy atom. The maximum absolute atomic E-state index is 11.7. The van der Waals surface area contributed by atoms with Crippen LogP contribution in [0.25, 0.3) is 98.8 Å². The maximum Gasteiger partial charge on any atom is 0.102 e. The van der Waals surface area contributed by atoms with E-state index >= 15 is 0 Å². The van der Waals surface area contributed by atoms with Gasteiger partial charge in [-0.1, -0.05) is 127 Å². The summed E-state index contributed by atoms with van der Waals surface area (Å²) in [4.78, 5) is 13.3. The number of benzene rings is 8. The van der Waals surface area contributed by atoms with Crippen LogP contribution in [0.15, 0.2) is 158 Å². The second-order valence-electron chi connectivity index (χ2n) is 14.5. The number of aromatic nitrogens is 3. The minimum Gasteiger partial charge on any atom is -0.354 e. The molecule has 11 aromatic rings. The van der Waals surface area contributed by atoms with Crippen molar-refractivity contribution in [1.82, 2.24) is 15.0 Å². The zero-order valence-corrected chi connectivity index (χ0v) is 30.9. The molecule has 11 rings (SSSR count). The van der Waals surface area contributed by atoms with E-state index in [2.05, 4.69) is 135 Å². The Bertz CT molecular complexity index is 3510. The first kappa shape index (κ1) is 32.4. The quantitative estimate of drug-likeness (QED) is 0.164. The molecule has 0 amide bonds. The zero-order valence-electron chi connectivity index (χ0n) is 30.9. The summed E-state index contributed by atoms with van der Waals surface area (Å²) in [5.41, 5.74) is 12.9. The van der Waals surface area contributed by atoms with Gasteiger partial charge in [0.25, 0.3) is 0 Å². The lowest BCUT2D eigenvalue weighted by Crippen LogP contribution is -2.15. The molecular weight excluding hydrogens is 697 g/mol. The van der Waals surface area contributed by atoms with Gasteiger partial charge in [-0.05, 0) is 30.3 Å². The lowest BCUT2D eigenvalue weighted by molar-refractivity contribution is 1.20. The highest BCUT2D eigenvalue weighted by Gasteiger charge is 2.32. The third kappa shape index (κ3) is 4.69. The van der Waals surface area contributed by atoms with E-state index in [0.717, 1.165) is 98.9 Å². The molecule has 0 radical (unpaired) electrons. The molecule has 6 nitrogen and oxygen atoms in total. The van der Waals surface area contributed by atoms with Crippen LogP contribution in [0.2, 0.25) is 0 Å². The summed E-state index contributed by atoms with van der Waals surface area (Å²) in [5.74, 6) is 0. The molecule has 57 heavy (non-hydrogen) atoms. The van der Waals surface area contributed by atoms with Crippen LogP contribution < -0.4 is 4.90 Å². The lowest BCUT2D eigenvalue weighted by Gasteiger charge is -2.29. The number of nitriles is 2. The predicted molar refractivity (Wildman–Crippen MR) is 235 cm³/mol. The standard InChI is InChI=1S/C51H32N6/c1-57(30-14-3-2-4-15-30)51-41(29-53)45(37-22-11-19-34-31-16-5-8-25-42(31)54-48(34)37)40(28-52)46(38-23-12-20-35-32-17-6-9-26-43(32)55-49(35)38)47(51)39-24-13-21-36-33-18-7-10-27-44(33)56-50(36)39/h2-27,54-56H,1H3. The topological polar surface area (TPSA) is 98.2 Å². The molecule has 3 aromatic heterocycles. The molecule has 3 N–H and O–H groups in total. The summed E-state index contributed by atoms with van der Waals surface area (Å²) >= 11 is 0. The van der Waals surface area contributed by atoms with Gasteiger partial charge in [-0.3, -0.25) is 0 Å². The highest BCUT2D eigenvalue weighted by molar-refractivity contribution is 6.20. The first-order valence-electron chi connectivity index (χ1n) is 19.0. The van der Waals surface area contributed by atoms with Gasteiger partial charge in [0, 0.05) is 95.0 Å². The van der Waals surface area contributed by atoms with Crippen molar-refractivity contribution in [1.29, 1.82) is 10.5 Å². The van der Waals surface area contributed by atoms with Crippen molar-refractivity contribution in [3.05, 3.63) is 169 Å². The molecule has 6 heteroatoms. The number of nitrogens with one attached hydrogen (secondary N) is 3. The fourth-order valence-electron chi connectivity index (χ4n) is 9.12. The Hall–Kier alpha value is -8.06. The van der Waals surface area contributed by atoms with Crippen LogP contribution >= 0.6 is 0 Å². The SMILES string of the molecule is CN(c1ccccc1)c1c(C#N)c(-c2cccc3c2[nH]c2ccccc23)c(C#N)c(-c2cccc3c2[nH]c2ccccc23)c1-c1cccc2c1[nH]c1ccccc12. The molecule has 0 spiro atoms. The van der Waals surface area contributed by atoms with E-state index in [0.29, 0.717) is 22.4 Å². The summed E-state index contributed by atoms with van der Waals surface area (Å²) in [7, 11) is 2.02. The number of para-hydroxylation sites is 7. The Kier molecular flexibility index (Phi) is 7.10. The van der Waals surface area contributed by atoms with Crippen LogP contribution in [0.4, 0.5) is 11.4 Å². The Morgan fingerprint density at radius 1 is 0.386 bits per heavy atom. The van der Waals surface area contributed by atoms with Gasteiger partial charge in [-0.15, -0.1) is 0 Å². The molecule has 0 saturated carbocycles. The van der Waals surface area contributed by atoms with E-state index in [9.17, 15) is 10.5 Å². The van der Waals surface area contributed by atoms with Gasteiger partial charge >= 0.3 is 0 Å². The molecular formula is C51H32N6. The zero-order chi connectivity index (χ0) is 38.2. The molecule has 3 heterocycles. The van der Waals surface area contributed by atoms with Crippen molar-refractivity contribution in [3.63, 3.8) is 0 Å². The van der Waals surface area contributed by atoms with Crippen LogP contribution in [0.3, 0.4) is 0 Å². The van der Waals surface area contributed by atoms with Crippen LogP contribution in [0.5, 0.6) is 0 Å². The van der Waals surface area contributed by atoms with E-state index in [4.69, 9.17) is 0 Å². The largest absolute Gasteiger partial charge is 0.354 e. The van der Waals surface area contributed by atoms with Crippen molar-refractivity contribution in [2.24, 2.45) is 0 Å². The predicted octanol–water partition coefficient (Wildman–Crippen LogP) is 13.1. The number of hydrogen-bond donors (Lipinski definition) is 3. The molecule has 0 bridgehead atoms. The molecule has 0 aliphatic heterocycles. The van der Waals surface area contributed by atoms with Gasteiger partial charge in [0.1, 0.15) is 12.1 Å². The lowest BCUT2D eigenvalue weighted by atomic mass is 9.80. The summed E-state index contributed by atoms with van der Waals surface area (Å²) in [5, 5.41) is 29.8. The average Bonchev–Trinajstić information content (AvgIpc) is 3.97. The molecule has 0 unspecified atom stereocenters. The Balaban J connectivity index is 1.39. The summed E-state index contributed by atoms with van der Waals surface area (Å²) in [6.45, 7) is 0. The smallest absolute Gasteiger partial charge is 0.102 e. The van der Waals surface area contributed by atoms with Crippen molar-refractivity contribution in [2.75, 3.05) is 11.9 Å². The summed E-state index contributed by atoms with van der Waals surface area (Å²) in [6, 6.07) is 59.2. The molecule has 0 aliphatic carbocycles. The van der Waals surface area contributed by atoms with Crippen molar-refractivity contribution >= 4 is 76.8 Å². The highest BCUT2D eigenvalue weighted by atomic mass is 15.1. The van der Waals surface area contributed by atoms with Gasteiger partial charge in [0.2, 0.25) is 0 Å². The fourth-order valence-corrected chi connectivity index (χ4v) is 9.12. The Morgan fingerprint density at radius 2 is 0.772 bits per heavy atom. The number of fused-ring (bicyclic) bond motifs is 9. The number of H-pyrrole nitrogens is 3. The number of nitrogens with zero attached hydrogens (tertiary/aromatic N) is 3. The van der Waals surface area contributed by atoms with E-state index in [1.54, 1.807) is 0 Å². The van der Waals surface area contributed by atoms with E-state index in [1.165, 1.54) is 0 Å². The molecule has 0 atom stereocenters. The minimum atomic E-state index is 0.416. The van der Waals surface area contributed by atoms with Crippen LogP contribution in [0.1, 0.15) is 11.1 Å². The first-order valence-corrected chi connectivity index (χ1v) is 19.0. The van der Waals surface area contributed by atoms with Gasteiger partial charge in [0.15, 0.2) is 0 Å². The normalized spacial score (nSPS) is 11.6. The number of rotatable bonds is 5. The van der Waals surface area contributed by atoms with Crippen LogP contribution in [0, 0.1) is 22.7 Å².